The Morgan fingerprint density at radius 3 is 2.42 bits per heavy atom. The Kier molecular flexibility index (Phi) is 4.18. The van der Waals surface area contributed by atoms with Crippen molar-refractivity contribution in [1.29, 1.82) is 0 Å². The largest absolute Gasteiger partial charge is 0.435 e. The molecule has 0 aliphatic carbocycles. The smallest absolute Gasteiger partial charge is 0.383 e. The first-order chi connectivity index (χ1) is 12.1. The summed E-state index contributed by atoms with van der Waals surface area (Å²) in [5.74, 6) is -0.850. The minimum atomic E-state index is -4.85. The van der Waals surface area contributed by atoms with Crippen LogP contribution in [0.3, 0.4) is 0 Å². The number of anilines is 1. The first kappa shape index (κ1) is 17.8. The highest BCUT2D eigenvalue weighted by Crippen LogP contribution is 2.39. The summed E-state index contributed by atoms with van der Waals surface area (Å²) in [6.45, 7) is 1.39. The Labute approximate surface area is 145 Å². The Morgan fingerprint density at radius 1 is 1.19 bits per heavy atom. The van der Waals surface area contributed by atoms with Gasteiger partial charge in [-0.05, 0) is 19.1 Å². The third-order valence-electron chi connectivity index (χ3n) is 3.40. The van der Waals surface area contributed by atoms with Crippen LogP contribution in [0.2, 0.25) is 0 Å². The van der Waals surface area contributed by atoms with Crippen molar-refractivity contribution in [2.45, 2.75) is 13.1 Å². The van der Waals surface area contributed by atoms with Gasteiger partial charge in [0.2, 0.25) is 0 Å². The maximum Gasteiger partial charge on any atom is 0.435 e. The standard InChI is InChI=1S/C13H12F3N7O2S/c1-2-26(24,25)22-7-4-8(20-22)9-10(13(14,15)16)21-23(11(9)17)12-18-5-3-6-19-12/h3-7H,2,17H2,1H3. The molecule has 0 fully saturated rings. The quantitative estimate of drug-likeness (QED) is 0.716. The van der Waals surface area contributed by atoms with Crippen molar-refractivity contribution in [1.82, 2.24) is 28.9 Å². The lowest BCUT2D eigenvalue weighted by Gasteiger charge is -2.04. The van der Waals surface area contributed by atoms with E-state index in [0.717, 1.165) is 16.9 Å². The van der Waals surface area contributed by atoms with Gasteiger partial charge in [0, 0.05) is 18.6 Å². The van der Waals surface area contributed by atoms with Crippen LogP contribution in [0.5, 0.6) is 0 Å². The zero-order valence-electron chi connectivity index (χ0n) is 13.2. The van der Waals surface area contributed by atoms with E-state index in [1.165, 1.54) is 25.4 Å². The SMILES string of the molecule is CCS(=O)(=O)n1ccc(-c2c(C(F)(F)F)nn(-c3ncccn3)c2N)n1. The molecule has 0 unspecified atom stereocenters. The number of hydrogen-bond acceptors (Lipinski definition) is 7. The van der Waals surface area contributed by atoms with Crippen LogP contribution >= 0.6 is 0 Å². The van der Waals surface area contributed by atoms with Gasteiger partial charge in [-0.15, -0.1) is 0 Å². The van der Waals surface area contributed by atoms with E-state index in [1.807, 2.05) is 0 Å². The van der Waals surface area contributed by atoms with Crippen LogP contribution in [-0.4, -0.2) is 43.1 Å². The predicted molar refractivity (Wildman–Crippen MR) is 84.6 cm³/mol. The lowest BCUT2D eigenvalue weighted by atomic mass is 10.1. The van der Waals surface area contributed by atoms with Gasteiger partial charge in [-0.2, -0.15) is 32.1 Å². The second-order valence-electron chi connectivity index (χ2n) is 5.04. The molecule has 2 N–H and O–H groups in total. The third kappa shape index (κ3) is 3.00. The van der Waals surface area contributed by atoms with Crippen molar-refractivity contribution < 1.29 is 21.6 Å². The van der Waals surface area contributed by atoms with Crippen LogP contribution in [-0.2, 0) is 16.2 Å². The average molecular weight is 387 g/mol. The fraction of sp³-hybridized carbons (Fsp3) is 0.231. The van der Waals surface area contributed by atoms with E-state index in [0.29, 0.717) is 4.09 Å². The van der Waals surface area contributed by atoms with Gasteiger partial charge >= 0.3 is 6.18 Å². The van der Waals surface area contributed by atoms with Crippen molar-refractivity contribution in [3.05, 3.63) is 36.4 Å². The molecule has 3 aromatic heterocycles. The first-order valence-electron chi connectivity index (χ1n) is 7.17. The molecule has 0 saturated carbocycles. The normalized spacial score (nSPS) is 12.5. The molecular formula is C13H12F3N7O2S. The van der Waals surface area contributed by atoms with E-state index in [9.17, 15) is 21.6 Å². The van der Waals surface area contributed by atoms with E-state index < -0.39 is 33.3 Å². The summed E-state index contributed by atoms with van der Waals surface area (Å²) < 4.78 is 65.3. The van der Waals surface area contributed by atoms with Crippen LogP contribution in [0.1, 0.15) is 12.6 Å². The second kappa shape index (κ2) is 6.09. The zero-order valence-corrected chi connectivity index (χ0v) is 14.0. The molecule has 3 heterocycles. The summed E-state index contributed by atoms with van der Waals surface area (Å²) in [5, 5.41) is 7.18. The lowest BCUT2D eigenvalue weighted by molar-refractivity contribution is -0.140. The van der Waals surface area contributed by atoms with E-state index in [-0.39, 0.29) is 17.4 Å². The molecular weight excluding hydrogens is 375 g/mol. The molecule has 0 aromatic carbocycles. The molecule has 0 amide bonds. The number of alkyl halides is 3. The van der Waals surface area contributed by atoms with E-state index in [1.54, 1.807) is 0 Å². The second-order valence-corrected chi connectivity index (χ2v) is 7.16. The predicted octanol–water partition coefficient (Wildman–Crippen LogP) is 1.32. The molecule has 13 heteroatoms. The highest BCUT2D eigenvalue weighted by atomic mass is 32.2. The minimum Gasteiger partial charge on any atom is -0.383 e. The van der Waals surface area contributed by atoms with Gasteiger partial charge in [-0.3, -0.25) is 0 Å². The molecule has 138 valence electrons. The van der Waals surface area contributed by atoms with Crippen molar-refractivity contribution in [2.24, 2.45) is 0 Å². The highest BCUT2D eigenvalue weighted by molar-refractivity contribution is 7.89. The Bertz CT molecular complexity index is 1040. The molecule has 0 atom stereocenters. The van der Waals surface area contributed by atoms with E-state index in [2.05, 4.69) is 20.2 Å². The fourth-order valence-corrected chi connectivity index (χ4v) is 2.89. The topological polar surface area (TPSA) is 122 Å². The number of aromatic nitrogens is 6. The van der Waals surface area contributed by atoms with Gasteiger partial charge in [0.05, 0.1) is 17.0 Å². The molecule has 9 nitrogen and oxygen atoms in total. The van der Waals surface area contributed by atoms with Gasteiger partial charge in [-0.25, -0.2) is 18.4 Å². The third-order valence-corrected chi connectivity index (χ3v) is 4.91. The summed E-state index contributed by atoms with van der Waals surface area (Å²) in [6.07, 6.45) is -1.17. The van der Waals surface area contributed by atoms with Crippen molar-refractivity contribution in [3.8, 4) is 17.2 Å². The van der Waals surface area contributed by atoms with Gasteiger partial charge in [0.1, 0.15) is 5.82 Å². The first-order valence-corrected chi connectivity index (χ1v) is 8.78. The summed E-state index contributed by atoms with van der Waals surface area (Å²) >= 11 is 0. The molecule has 0 radical (unpaired) electrons. The van der Waals surface area contributed by atoms with Gasteiger partial charge in [0.15, 0.2) is 5.69 Å². The van der Waals surface area contributed by atoms with E-state index in [4.69, 9.17) is 5.73 Å². The van der Waals surface area contributed by atoms with Crippen molar-refractivity contribution >= 4 is 15.8 Å². The molecule has 3 rings (SSSR count). The summed E-state index contributed by atoms with van der Waals surface area (Å²) in [4.78, 5) is 7.64. The van der Waals surface area contributed by atoms with Crippen LogP contribution in [0.25, 0.3) is 17.2 Å². The maximum absolute atomic E-state index is 13.4. The molecule has 0 saturated heterocycles. The minimum absolute atomic E-state index is 0.164. The molecule has 3 aromatic rings. The van der Waals surface area contributed by atoms with E-state index >= 15 is 0 Å². The van der Waals surface area contributed by atoms with Crippen molar-refractivity contribution in [3.63, 3.8) is 0 Å². The lowest BCUT2D eigenvalue weighted by Crippen LogP contribution is -2.15. The molecule has 26 heavy (non-hydrogen) atoms. The number of nitrogens with zero attached hydrogens (tertiary/aromatic N) is 6. The number of rotatable bonds is 4. The number of nitrogen functional groups attached to an aromatic ring is 1. The van der Waals surface area contributed by atoms with Crippen LogP contribution in [0, 0.1) is 0 Å². The van der Waals surface area contributed by atoms with Crippen LogP contribution < -0.4 is 5.73 Å². The average Bonchev–Trinajstić information content (AvgIpc) is 3.20. The summed E-state index contributed by atoms with van der Waals surface area (Å²) in [5.41, 5.74) is 3.69. The zero-order chi connectivity index (χ0) is 19.1. The Hall–Kier alpha value is -2.96. The van der Waals surface area contributed by atoms with Crippen LogP contribution in [0.15, 0.2) is 30.7 Å². The summed E-state index contributed by atoms with van der Waals surface area (Å²) in [7, 11) is -3.76. The van der Waals surface area contributed by atoms with Crippen molar-refractivity contribution in [2.75, 3.05) is 11.5 Å². The van der Waals surface area contributed by atoms with Gasteiger partial charge in [0.25, 0.3) is 16.0 Å². The van der Waals surface area contributed by atoms with Gasteiger partial charge in [-0.1, -0.05) is 0 Å². The Morgan fingerprint density at radius 2 is 1.85 bits per heavy atom. The molecule has 0 bridgehead atoms. The maximum atomic E-state index is 13.4. The number of nitrogens with two attached hydrogens (primary N) is 1. The highest BCUT2D eigenvalue weighted by Gasteiger charge is 2.40. The molecule has 0 spiro atoms. The fourth-order valence-electron chi connectivity index (χ4n) is 2.16. The molecule has 0 aliphatic heterocycles. The van der Waals surface area contributed by atoms with Crippen LogP contribution in [0.4, 0.5) is 19.0 Å². The van der Waals surface area contributed by atoms with Gasteiger partial charge < -0.3 is 5.73 Å². The molecule has 0 aliphatic rings. The number of halogens is 3. The number of hydrogen-bond donors (Lipinski definition) is 1. The summed E-state index contributed by atoms with van der Waals surface area (Å²) in [6, 6.07) is 2.60. The monoisotopic (exact) mass is 387 g/mol. The Balaban J connectivity index is 2.23.